The summed E-state index contributed by atoms with van der Waals surface area (Å²) in [4.78, 5) is 12.2. The second kappa shape index (κ2) is 8.19. The van der Waals surface area contributed by atoms with E-state index in [1.807, 2.05) is 30.3 Å². The molecule has 0 radical (unpaired) electrons. The fourth-order valence-electron chi connectivity index (χ4n) is 2.45. The Hall–Kier alpha value is -3.60. The Labute approximate surface area is 166 Å². The highest BCUT2D eigenvalue weighted by Gasteiger charge is 2.11. The number of aromatic nitrogens is 6. The van der Waals surface area contributed by atoms with Crippen molar-refractivity contribution in [1.29, 1.82) is 0 Å². The molecular formula is C18H12F2N6O2S. The Morgan fingerprint density at radius 3 is 2.45 bits per heavy atom. The molecule has 8 nitrogen and oxygen atoms in total. The molecule has 0 aliphatic rings. The zero-order valence-electron chi connectivity index (χ0n) is 14.6. The third kappa shape index (κ3) is 4.46. The predicted octanol–water partition coefficient (Wildman–Crippen LogP) is 2.87. The van der Waals surface area contributed by atoms with Gasteiger partial charge in [0.15, 0.2) is 0 Å². The number of hydrogen-bond donors (Lipinski definition) is 0. The van der Waals surface area contributed by atoms with E-state index in [1.54, 1.807) is 0 Å². The quantitative estimate of drug-likeness (QED) is 0.479. The normalized spacial score (nSPS) is 11.0. The molecule has 0 bridgehead atoms. The zero-order valence-corrected chi connectivity index (χ0v) is 15.5. The minimum Gasteiger partial charge on any atom is -0.415 e. The molecule has 146 valence electrons. The van der Waals surface area contributed by atoms with E-state index in [4.69, 9.17) is 0 Å². The van der Waals surface area contributed by atoms with Crippen molar-refractivity contribution in [2.75, 3.05) is 0 Å². The largest absolute Gasteiger partial charge is 0.415 e. The van der Waals surface area contributed by atoms with Gasteiger partial charge in [-0.25, -0.2) is 4.68 Å². The van der Waals surface area contributed by atoms with Crippen molar-refractivity contribution >= 4 is 11.3 Å². The lowest BCUT2D eigenvalue weighted by molar-refractivity contribution is -0.0534. The summed E-state index contributed by atoms with van der Waals surface area (Å²) >= 11 is 1.36. The highest BCUT2D eigenvalue weighted by atomic mass is 32.1. The van der Waals surface area contributed by atoms with Crippen LogP contribution in [-0.2, 0) is 6.54 Å². The van der Waals surface area contributed by atoms with Crippen molar-refractivity contribution in [2.45, 2.75) is 13.2 Å². The van der Waals surface area contributed by atoms with Crippen molar-refractivity contribution < 1.29 is 13.5 Å². The molecule has 4 rings (SSSR count). The molecule has 1 aromatic carbocycles. The molecule has 0 saturated heterocycles. The molecule has 0 spiro atoms. The van der Waals surface area contributed by atoms with Crippen molar-refractivity contribution in [3.63, 3.8) is 0 Å². The average molecular weight is 414 g/mol. The summed E-state index contributed by atoms with van der Waals surface area (Å²) in [5, 5.41) is 21.3. The molecule has 0 fully saturated rings. The van der Waals surface area contributed by atoms with Crippen molar-refractivity contribution in [1.82, 2.24) is 30.2 Å². The minimum absolute atomic E-state index is 0.136. The first kappa shape index (κ1) is 18.7. The Kier molecular flexibility index (Phi) is 5.29. The summed E-state index contributed by atoms with van der Waals surface area (Å²) < 4.78 is 29.8. The van der Waals surface area contributed by atoms with E-state index < -0.39 is 6.61 Å². The van der Waals surface area contributed by atoms with Crippen LogP contribution < -0.4 is 10.3 Å². The first-order chi connectivity index (χ1) is 14.1. The molecule has 0 aliphatic heterocycles. The SMILES string of the molecule is O=c1ccc(-c2ccc(OC(F)F)nn2)nn1Cc1nnc(-c2ccccc2)s1. The van der Waals surface area contributed by atoms with Gasteiger partial charge in [0.25, 0.3) is 5.56 Å². The standard InChI is InChI=1S/C18H12F2N6O2S/c19-18(20)28-14-8-6-12(21-22-14)13-7-9-16(27)26(25-13)10-15-23-24-17(29-15)11-4-2-1-3-5-11/h1-9,18H,10H2. The second-order valence-corrected chi connectivity index (χ2v) is 6.78. The average Bonchev–Trinajstić information content (AvgIpc) is 3.19. The Morgan fingerprint density at radius 1 is 0.931 bits per heavy atom. The second-order valence-electron chi connectivity index (χ2n) is 5.72. The van der Waals surface area contributed by atoms with Gasteiger partial charge in [0, 0.05) is 17.7 Å². The third-order valence-corrected chi connectivity index (χ3v) is 4.71. The maximum absolute atomic E-state index is 12.2. The Morgan fingerprint density at radius 2 is 1.72 bits per heavy atom. The number of halogens is 2. The van der Waals surface area contributed by atoms with Gasteiger partial charge in [-0.15, -0.1) is 20.4 Å². The van der Waals surface area contributed by atoms with Gasteiger partial charge in [-0.05, 0) is 12.1 Å². The first-order valence-corrected chi connectivity index (χ1v) is 9.15. The number of ether oxygens (including phenoxy) is 1. The lowest BCUT2D eigenvalue weighted by Crippen LogP contribution is -2.23. The molecule has 0 aliphatic carbocycles. The van der Waals surface area contributed by atoms with E-state index in [9.17, 15) is 13.6 Å². The van der Waals surface area contributed by atoms with E-state index in [0.717, 1.165) is 10.6 Å². The Balaban J connectivity index is 1.56. The minimum atomic E-state index is -2.98. The van der Waals surface area contributed by atoms with Gasteiger partial charge in [-0.3, -0.25) is 4.79 Å². The molecule has 0 saturated carbocycles. The number of benzene rings is 1. The van der Waals surface area contributed by atoms with Crippen LogP contribution in [0.25, 0.3) is 22.0 Å². The summed E-state index contributed by atoms with van der Waals surface area (Å²) in [6.07, 6.45) is 0. The van der Waals surface area contributed by atoms with Crippen molar-refractivity contribution in [3.05, 3.63) is 70.0 Å². The van der Waals surface area contributed by atoms with E-state index in [0.29, 0.717) is 16.4 Å². The fraction of sp³-hybridized carbons (Fsp3) is 0.111. The van der Waals surface area contributed by atoms with Crippen LogP contribution >= 0.6 is 11.3 Å². The fourth-order valence-corrected chi connectivity index (χ4v) is 3.28. The lowest BCUT2D eigenvalue weighted by Gasteiger charge is -2.05. The van der Waals surface area contributed by atoms with Gasteiger partial charge < -0.3 is 4.74 Å². The molecule has 0 N–H and O–H groups in total. The number of nitrogens with zero attached hydrogens (tertiary/aromatic N) is 6. The van der Waals surface area contributed by atoms with Crippen LogP contribution in [0.4, 0.5) is 8.78 Å². The summed E-state index contributed by atoms with van der Waals surface area (Å²) in [7, 11) is 0. The lowest BCUT2D eigenvalue weighted by atomic mass is 10.2. The maximum Gasteiger partial charge on any atom is 0.388 e. The van der Waals surface area contributed by atoms with E-state index in [2.05, 4.69) is 30.2 Å². The van der Waals surface area contributed by atoms with Gasteiger partial charge in [0.05, 0.1) is 6.54 Å². The highest BCUT2D eigenvalue weighted by Crippen LogP contribution is 2.23. The van der Waals surface area contributed by atoms with E-state index in [-0.39, 0.29) is 18.0 Å². The molecule has 29 heavy (non-hydrogen) atoms. The molecule has 0 unspecified atom stereocenters. The molecule has 0 amide bonds. The number of alkyl halides is 2. The molecule has 4 aromatic rings. The molecule has 3 aromatic heterocycles. The van der Waals surface area contributed by atoms with Crippen LogP contribution in [0.15, 0.2) is 59.4 Å². The summed E-state index contributed by atoms with van der Waals surface area (Å²) in [5.41, 5.74) is 1.28. The molecule has 3 heterocycles. The van der Waals surface area contributed by atoms with Gasteiger partial charge in [0.1, 0.15) is 21.4 Å². The molecular weight excluding hydrogens is 402 g/mol. The van der Waals surface area contributed by atoms with Crippen LogP contribution in [0.1, 0.15) is 5.01 Å². The van der Waals surface area contributed by atoms with Gasteiger partial charge >= 0.3 is 6.61 Å². The third-order valence-electron chi connectivity index (χ3n) is 3.75. The van der Waals surface area contributed by atoms with Crippen LogP contribution in [0.3, 0.4) is 0 Å². The summed E-state index contributed by atoms with van der Waals surface area (Å²) in [6.45, 7) is -2.85. The van der Waals surface area contributed by atoms with Crippen LogP contribution in [0.2, 0.25) is 0 Å². The number of hydrogen-bond acceptors (Lipinski definition) is 8. The van der Waals surface area contributed by atoms with Gasteiger partial charge in [-0.1, -0.05) is 41.7 Å². The molecule has 0 atom stereocenters. The summed E-state index contributed by atoms with van der Waals surface area (Å²) in [6, 6.07) is 15.1. The Bertz CT molecular complexity index is 1160. The van der Waals surface area contributed by atoms with Gasteiger partial charge in [0.2, 0.25) is 5.88 Å². The van der Waals surface area contributed by atoms with E-state index >= 15 is 0 Å². The van der Waals surface area contributed by atoms with Crippen molar-refractivity contribution in [2.24, 2.45) is 0 Å². The summed E-state index contributed by atoms with van der Waals surface area (Å²) in [5.74, 6) is -0.306. The molecule has 11 heteroatoms. The number of rotatable bonds is 6. The van der Waals surface area contributed by atoms with Crippen LogP contribution in [0.5, 0.6) is 5.88 Å². The topological polar surface area (TPSA) is 95.7 Å². The van der Waals surface area contributed by atoms with E-state index in [1.165, 1.54) is 40.3 Å². The van der Waals surface area contributed by atoms with Crippen molar-refractivity contribution in [3.8, 4) is 27.8 Å². The highest BCUT2D eigenvalue weighted by molar-refractivity contribution is 7.14. The first-order valence-electron chi connectivity index (χ1n) is 8.33. The van der Waals surface area contributed by atoms with Crippen LogP contribution in [0, 0.1) is 0 Å². The van der Waals surface area contributed by atoms with Crippen LogP contribution in [-0.4, -0.2) is 36.8 Å². The smallest absolute Gasteiger partial charge is 0.388 e. The maximum atomic E-state index is 12.2. The monoisotopic (exact) mass is 414 g/mol. The predicted molar refractivity (Wildman–Crippen MR) is 101 cm³/mol. The van der Waals surface area contributed by atoms with Gasteiger partial charge in [-0.2, -0.15) is 13.9 Å². The zero-order chi connectivity index (χ0) is 20.2.